The molecule has 0 radical (unpaired) electrons. The van der Waals surface area contributed by atoms with Gasteiger partial charge in [0.1, 0.15) is 0 Å². The largest absolute Gasteiger partial charge is 0.123 e. The number of rotatable bonds is 5. The zero-order valence-electron chi connectivity index (χ0n) is 9.85. The van der Waals surface area contributed by atoms with Crippen LogP contribution in [0.4, 0.5) is 0 Å². The second kappa shape index (κ2) is 6.46. The van der Waals surface area contributed by atoms with Gasteiger partial charge in [-0.1, -0.05) is 60.7 Å². The van der Waals surface area contributed by atoms with E-state index < -0.39 is 0 Å². The average Bonchev–Trinajstić information content (AvgIpc) is 2.39. The van der Waals surface area contributed by atoms with Crippen LogP contribution in [0.15, 0.2) is 60.7 Å². The summed E-state index contributed by atoms with van der Waals surface area (Å²) in [4.78, 5) is 0. The number of hydrogen-bond donors (Lipinski definition) is 0. The first-order valence-electron chi connectivity index (χ1n) is 6.06. The molecule has 0 amide bonds. The Hall–Kier alpha value is -1.27. The summed E-state index contributed by atoms with van der Waals surface area (Å²) in [5.41, 5.74) is 2.69. The van der Waals surface area contributed by atoms with Crippen molar-refractivity contribution < 1.29 is 0 Å². The van der Waals surface area contributed by atoms with Gasteiger partial charge in [-0.2, -0.15) is 0 Å². The molecule has 0 fully saturated rings. The van der Waals surface area contributed by atoms with E-state index in [1.54, 1.807) is 0 Å². The number of aryl methyl sites for hydroxylation is 1. The van der Waals surface area contributed by atoms with Crippen LogP contribution >= 0.6 is 11.6 Å². The highest BCUT2D eigenvalue weighted by atomic mass is 35.5. The fourth-order valence-electron chi connectivity index (χ4n) is 1.94. The number of alkyl halides is 1. The zero-order chi connectivity index (χ0) is 11.9. The molecular formula is C16H17Cl. The van der Waals surface area contributed by atoms with E-state index in [4.69, 9.17) is 11.6 Å². The second-order valence-electron chi connectivity index (χ2n) is 4.31. The molecule has 2 rings (SSSR count). The van der Waals surface area contributed by atoms with Crippen LogP contribution in [-0.2, 0) is 12.8 Å². The standard InChI is InChI=1S/C16H17Cl/c17-16(13-15-9-5-2-6-10-15)12-11-14-7-3-1-4-8-14/h1-10,16H,11-13H2. The summed E-state index contributed by atoms with van der Waals surface area (Å²) in [5, 5.41) is 0.220. The molecule has 0 saturated carbocycles. The predicted molar refractivity (Wildman–Crippen MR) is 74.6 cm³/mol. The van der Waals surface area contributed by atoms with Crippen molar-refractivity contribution >= 4 is 11.6 Å². The Morgan fingerprint density at radius 3 is 1.88 bits per heavy atom. The minimum absolute atomic E-state index is 0.220. The van der Waals surface area contributed by atoms with Crippen LogP contribution in [0.3, 0.4) is 0 Å². The molecule has 2 aromatic rings. The average molecular weight is 245 g/mol. The number of halogens is 1. The van der Waals surface area contributed by atoms with Gasteiger partial charge in [-0.3, -0.25) is 0 Å². The SMILES string of the molecule is ClC(CCc1ccccc1)Cc1ccccc1. The molecule has 0 N–H and O–H groups in total. The van der Waals surface area contributed by atoms with Crippen molar-refractivity contribution in [1.29, 1.82) is 0 Å². The maximum atomic E-state index is 6.37. The topological polar surface area (TPSA) is 0 Å². The highest BCUT2D eigenvalue weighted by molar-refractivity contribution is 6.20. The monoisotopic (exact) mass is 244 g/mol. The van der Waals surface area contributed by atoms with E-state index in [9.17, 15) is 0 Å². The van der Waals surface area contributed by atoms with Crippen molar-refractivity contribution in [2.24, 2.45) is 0 Å². The van der Waals surface area contributed by atoms with Gasteiger partial charge < -0.3 is 0 Å². The molecule has 2 aromatic carbocycles. The Labute approximate surface area is 108 Å². The van der Waals surface area contributed by atoms with Gasteiger partial charge in [-0.15, -0.1) is 11.6 Å². The van der Waals surface area contributed by atoms with E-state index in [1.165, 1.54) is 11.1 Å². The van der Waals surface area contributed by atoms with Crippen molar-refractivity contribution in [2.45, 2.75) is 24.6 Å². The van der Waals surface area contributed by atoms with Crippen LogP contribution in [-0.4, -0.2) is 5.38 Å². The Morgan fingerprint density at radius 1 is 0.765 bits per heavy atom. The first-order valence-corrected chi connectivity index (χ1v) is 6.50. The van der Waals surface area contributed by atoms with Crippen molar-refractivity contribution in [3.8, 4) is 0 Å². The smallest absolute Gasteiger partial charge is 0.0379 e. The van der Waals surface area contributed by atoms with E-state index in [0.29, 0.717) is 0 Å². The first kappa shape index (κ1) is 12.2. The van der Waals surface area contributed by atoms with Gasteiger partial charge in [-0.25, -0.2) is 0 Å². The van der Waals surface area contributed by atoms with Gasteiger partial charge in [-0.05, 0) is 30.4 Å². The van der Waals surface area contributed by atoms with E-state index in [0.717, 1.165) is 19.3 Å². The van der Waals surface area contributed by atoms with Crippen LogP contribution in [0.1, 0.15) is 17.5 Å². The summed E-state index contributed by atoms with van der Waals surface area (Å²) in [7, 11) is 0. The van der Waals surface area contributed by atoms with Crippen molar-refractivity contribution in [3.05, 3.63) is 71.8 Å². The van der Waals surface area contributed by atoms with Gasteiger partial charge >= 0.3 is 0 Å². The predicted octanol–water partition coefficient (Wildman–Crippen LogP) is 4.47. The first-order chi connectivity index (χ1) is 8.34. The third-order valence-corrected chi connectivity index (χ3v) is 3.26. The van der Waals surface area contributed by atoms with Crippen LogP contribution in [0.25, 0.3) is 0 Å². The lowest BCUT2D eigenvalue weighted by molar-refractivity contribution is 0.743. The van der Waals surface area contributed by atoms with Gasteiger partial charge in [0.05, 0.1) is 0 Å². The summed E-state index contributed by atoms with van der Waals surface area (Å²) >= 11 is 6.37. The molecule has 1 atom stereocenters. The fourth-order valence-corrected chi connectivity index (χ4v) is 2.23. The molecule has 0 heterocycles. The highest BCUT2D eigenvalue weighted by Gasteiger charge is 2.05. The molecule has 0 spiro atoms. The van der Waals surface area contributed by atoms with E-state index in [1.807, 2.05) is 12.1 Å². The maximum Gasteiger partial charge on any atom is 0.0379 e. The summed E-state index contributed by atoms with van der Waals surface area (Å²) in [6.07, 6.45) is 3.04. The van der Waals surface area contributed by atoms with Crippen LogP contribution < -0.4 is 0 Å². The molecule has 0 nitrogen and oxygen atoms in total. The van der Waals surface area contributed by atoms with Crippen LogP contribution in [0.2, 0.25) is 0 Å². The van der Waals surface area contributed by atoms with Crippen molar-refractivity contribution in [2.75, 3.05) is 0 Å². The Bertz CT molecular complexity index is 422. The summed E-state index contributed by atoms with van der Waals surface area (Å²) in [5.74, 6) is 0. The van der Waals surface area contributed by atoms with Gasteiger partial charge in [0.2, 0.25) is 0 Å². The van der Waals surface area contributed by atoms with E-state index in [2.05, 4.69) is 48.5 Å². The minimum Gasteiger partial charge on any atom is -0.123 e. The molecule has 0 aliphatic rings. The Morgan fingerprint density at radius 2 is 1.29 bits per heavy atom. The highest BCUT2D eigenvalue weighted by Crippen LogP contribution is 2.14. The fraction of sp³-hybridized carbons (Fsp3) is 0.250. The lowest BCUT2D eigenvalue weighted by Gasteiger charge is -2.09. The second-order valence-corrected chi connectivity index (χ2v) is 4.93. The molecule has 17 heavy (non-hydrogen) atoms. The molecule has 1 heteroatoms. The lowest BCUT2D eigenvalue weighted by Crippen LogP contribution is -2.04. The molecular weight excluding hydrogens is 228 g/mol. The summed E-state index contributed by atoms with van der Waals surface area (Å²) in [6.45, 7) is 0. The van der Waals surface area contributed by atoms with Crippen molar-refractivity contribution in [3.63, 3.8) is 0 Å². The van der Waals surface area contributed by atoms with E-state index in [-0.39, 0.29) is 5.38 Å². The molecule has 0 saturated heterocycles. The molecule has 88 valence electrons. The minimum atomic E-state index is 0.220. The molecule has 0 bridgehead atoms. The Balaban J connectivity index is 1.80. The van der Waals surface area contributed by atoms with Gasteiger partial charge in [0, 0.05) is 5.38 Å². The third-order valence-electron chi connectivity index (χ3n) is 2.89. The quantitative estimate of drug-likeness (QED) is 0.681. The molecule has 0 aliphatic heterocycles. The van der Waals surface area contributed by atoms with Gasteiger partial charge in [0.15, 0.2) is 0 Å². The molecule has 0 aliphatic carbocycles. The molecule has 0 aromatic heterocycles. The summed E-state index contributed by atoms with van der Waals surface area (Å²) in [6, 6.07) is 21.0. The number of hydrogen-bond acceptors (Lipinski definition) is 0. The van der Waals surface area contributed by atoms with Crippen LogP contribution in [0.5, 0.6) is 0 Å². The lowest BCUT2D eigenvalue weighted by atomic mass is 10.0. The van der Waals surface area contributed by atoms with Crippen molar-refractivity contribution in [1.82, 2.24) is 0 Å². The Kier molecular flexibility index (Phi) is 4.63. The van der Waals surface area contributed by atoms with Crippen LogP contribution in [0, 0.1) is 0 Å². The van der Waals surface area contributed by atoms with E-state index >= 15 is 0 Å². The summed E-state index contributed by atoms with van der Waals surface area (Å²) < 4.78 is 0. The molecule has 1 unspecified atom stereocenters. The normalized spacial score (nSPS) is 12.3. The third kappa shape index (κ3) is 4.24. The zero-order valence-corrected chi connectivity index (χ0v) is 10.6. The maximum absolute atomic E-state index is 6.37. The number of benzene rings is 2. The van der Waals surface area contributed by atoms with Gasteiger partial charge in [0.25, 0.3) is 0 Å².